The van der Waals surface area contributed by atoms with Gasteiger partial charge in [0.15, 0.2) is 0 Å². The molecule has 0 saturated carbocycles. The molecule has 0 atom stereocenters. The largest absolute Gasteiger partial charge is 0.474 e. The Morgan fingerprint density at radius 3 is 1.95 bits per heavy atom. The van der Waals surface area contributed by atoms with Crippen LogP contribution in [0.15, 0.2) is 54.6 Å². The number of rotatable bonds is 5. The third-order valence-electron chi connectivity index (χ3n) is 2.36. The molecule has 0 unspecified atom stereocenters. The Bertz CT molecular complexity index is 599. The van der Waals surface area contributed by atoms with Crippen molar-refractivity contribution in [1.29, 1.82) is 0 Å². The van der Waals surface area contributed by atoms with Crippen molar-refractivity contribution in [3.8, 4) is 17.2 Å². The molecule has 21 heavy (non-hydrogen) atoms. The number of hydrogen-bond acceptors (Lipinski definition) is 2. The van der Waals surface area contributed by atoms with Gasteiger partial charge in [-0.05, 0) is 24.3 Å². The Balaban J connectivity index is 2.15. The summed E-state index contributed by atoms with van der Waals surface area (Å²) in [4.78, 5) is 0. The van der Waals surface area contributed by atoms with Crippen molar-refractivity contribution in [1.82, 2.24) is 0 Å². The lowest BCUT2D eigenvalue weighted by molar-refractivity contribution is -0.261. The number of para-hydroxylation sites is 1. The van der Waals surface area contributed by atoms with Gasteiger partial charge in [0.1, 0.15) is 17.2 Å². The zero-order chi connectivity index (χ0) is 15.5. The highest BCUT2D eigenvalue weighted by atomic mass is 127. The molecule has 0 aromatic heterocycles. The number of ether oxygens (including phenoxy) is 2. The molecule has 0 N–H and O–H groups in total. The highest BCUT2D eigenvalue weighted by Gasteiger charge is 2.57. The first-order valence-corrected chi connectivity index (χ1v) is 6.82. The first-order chi connectivity index (χ1) is 9.78. The lowest BCUT2D eigenvalue weighted by Crippen LogP contribution is -2.40. The molecule has 0 bridgehead atoms. The Morgan fingerprint density at radius 2 is 1.33 bits per heavy atom. The molecule has 0 saturated heterocycles. The molecular formula is C14H9F4IO2. The van der Waals surface area contributed by atoms with Gasteiger partial charge in [0.05, 0.1) is 0 Å². The predicted molar refractivity (Wildman–Crippen MR) is 77.5 cm³/mol. The maximum atomic E-state index is 13.2. The molecule has 0 spiro atoms. The van der Waals surface area contributed by atoms with E-state index in [1.165, 1.54) is 12.1 Å². The fourth-order valence-corrected chi connectivity index (χ4v) is 1.54. The van der Waals surface area contributed by atoms with E-state index < -0.39 is 15.8 Å². The van der Waals surface area contributed by atoms with E-state index >= 15 is 0 Å². The first-order valence-electron chi connectivity index (χ1n) is 5.74. The third-order valence-corrected chi connectivity index (χ3v) is 2.99. The van der Waals surface area contributed by atoms with Crippen LogP contribution in [0.4, 0.5) is 17.6 Å². The minimum atomic E-state index is -4.61. The minimum Gasteiger partial charge on any atom is -0.457 e. The van der Waals surface area contributed by atoms with Crippen molar-refractivity contribution in [2.24, 2.45) is 0 Å². The Morgan fingerprint density at radius 1 is 0.762 bits per heavy atom. The first kappa shape index (κ1) is 15.9. The molecule has 2 rings (SSSR count). The Hall–Kier alpha value is -1.51. The summed E-state index contributed by atoms with van der Waals surface area (Å²) < 4.78 is 56.9. The highest BCUT2D eigenvalue weighted by Crippen LogP contribution is 2.41. The van der Waals surface area contributed by atoms with Crippen LogP contribution in [0.2, 0.25) is 0 Å². The molecule has 112 valence electrons. The normalized spacial score (nSPS) is 12.0. The van der Waals surface area contributed by atoms with Crippen LogP contribution in [0.1, 0.15) is 0 Å². The van der Waals surface area contributed by atoms with E-state index in [-0.39, 0.29) is 5.75 Å². The quantitative estimate of drug-likeness (QED) is 0.368. The second-order valence-electron chi connectivity index (χ2n) is 4.01. The topological polar surface area (TPSA) is 18.5 Å². The molecule has 7 heteroatoms. The summed E-state index contributed by atoms with van der Waals surface area (Å²) in [6, 6.07) is 13.7. The standard InChI is InChI=1S/C14H9F4IO2/c15-13(16,19)14(17,18)21-12-8-4-7-11(9-12)20-10-5-2-1-3-6-10/h1-9H. The van der Waals surface area contributed by atoms with Crippen molar-refractivity contribution >= 4 is 22.6 Å². The van der Waals surface area contributed by atoms with E-state index in [1.807, 2.05) is 0 Å². The van der Waals surface area contributed by atoms with E-state index in [0.717, 1.165) is 12.1 Å². The number of alkyl halides is 5. The van der Waals surface area contributed by atoms with Gasteiger partial charge in [0.25, 0.3) is 0 Å². The van der Waals surface area contributed by atoms with Gasteiger partial charge in [-0.15, -0.1) is 0 Å². The smallest absolute Gasteiger partial charge is 0.457 e. The molecule has 0 heterocycles. The summed E-state index contributed by atoms with van der Waals surface area (Å²) >= 11 is 0.334. The zero-order valence-electron chi connectivity index (χ0n) is 10.4. The minimum absolute atomic E-state index is 0.200. The molecular weight excluding hydrogens is 403 g/mol. The summed E-state index contributed by atoms with van der Waals surface area (Å²) in [6.07, 6.45) is -4.61. The fraction of sp³-hybridized carbons (Fsp3) is 0.143. The fourth-order valence-electron chi connectivity index (χ4n) is 1.43. The van der Waals surface area contributed by atoms with Crippen LogP contribution < -0.4 is 9.47 Å². The van der Waals surface area contributed by atoms with E-state index in [2.05, 4.69) is 4.74 Å². The van der Waals surface area contributed by atoms with Crippen molar-refractivity contribution < 1.29 is 27.0 Å². The molecule has 0 aliphatic carbocycles. The van der Waals surface area contributed by atoms with Crippen LogP contribution >= 0.6 is 22.6 Å². The summed E-state index contributed by atoms with van der Waals surface area (Å²) in [6.45, 7) is 0. The van der Waals surface area contributed by atoms with Crippen LogP contribution in [-0.4, -0.2) is 10.0 Å². The number of hydrogen-bond donors (Lipinski definition) is 0. The Labute approximate surface area is 131 Å². The molecule has 2 aromatic rings. The molecule has 0 amide bonds. The van der Waals surface area contributed by atoms with Gasteiger partial charge < -0.3 is 9.47 Å². The summed E-state index contributed by atoms with van der Waals surface area (Å²) in [5.41, 5.74) is 0. The summed E-state index contributed by atoms with van der Waals surface area (Å²) in [5, 5.41) is 0. The highest BCUT2D eigenvalue weighted by molar-refractivity contribution is 14.1. The number of benzene rings is 2. The predicted octanol–water partition coefficient (Wildman–Crippen LogP) is 5.48. The third kappa shape index (κ3) is 4.23. The zero-order valence-corrected chi connectivity index (χ0v) is 12.6. The van der Waals surface area contributed by atoms with Crippen LogP contribution in [0.25, 0.3) is 0 Å². The lowest BCUT2D eigenvalue weighted by Gasteiger charge is -2.22. The average Bonchev–Trinajstić information content (AvgIpc) is 2.38. The maximum absolute atomic E-state index is 13.2. The van der Waals surface area contributed by atoms with Gasteiger partial charge in [0.2, 0.25) is 0 Å². The molecule has 0 aliphatic heterocycles. The van der Waals surface area contributed by atoms with E-state index in [9.17, 15) is 17.6 Å². The van der Waals surface area contributed by atoms with Gasteiger partial charge >= 0.3 is 10.0 Å². The molecule has 2 aromatic carbocycles. The van der Waals surface area contributed by atoms with Crippen LogP contribution in [0.5, 0.6) is 17.2 Å². The van der Waals surface area contributed by atoms with Crippen molar-refractivity contribution in [2.45, 2.75) is 10.0 Å². The van der Waals surface area contributed by atoms with Gasteiger partial charge in [-0.3, -0.25) is 0 Å². The monoisotopic (exact) mass is 412 g/mol. The molecule has 0 aliphatic rings. The lowest BCUT2D eigenvalue weighted by atomic mass is 10.3. The summed E-state index contributed by atoms with van der Waals surface area (Å²) in [7, 11) is 0. The van der Waals surface area contributed by atoms with Crippen molar-refractivity contribution in [3.05, 3.63) is 54.6 Å². The van der Waals surface area contributed by atoms with Gasteiger partial charge in [-0.2, -0.15) is 17.6 Å². The SMILES string of the molecule is FC(F)(I)C(F)(F)Oc1cccc(Oc2ccccc2)c1. The van der Waals surface area contributed by atoms with Gasteiger partial charge in [0, 0.05) is 28.7 Å². The van der Waals surface area contributed by atoms with E-state index in [4.69, 9.17) is 4.74 Å². The molecule has 0 fully saturated rings. The van der Waals surface area contributed by atoms with E-state index in [0.29, 0.717) is 28.3 Å². The van der Waals surface area contributed by atoms with Crippen LogP contribution in [0.3, 0.4) is 0 Å². The average molecular weight is 412 g/mol. The summed E-state index contributed by atoms with van der Waals surface area (Å²) in [5.74, 6) is 0.275. The molecule has 2 nitrogen and oxygen atoms in total. The molecule has 0 radical (unpaired) electrons. The maximum Gasteiger partial charge on any atom is 0.474 e. The van der Waals surface area contributed by atoms with Crippen molar-refractivity contribution in [3.63, 3.8) is 0 Å². The second kappa shape index (κ2) is 6.08. The van der Waals surface area contributed by atoms with Crippen LogP contribution in [0, 0.1) is 0 Å². The Kier molecular flexibility index (Phi) is 4.60. The number of halogens is 5. The van der Waals surface area contributed by atoms with E-state index in [1.54, 1.807) is 30.3 Å². The van der Waals surface area contributed by atoms with Crippen LogP contribution in [-0.2, 0) is 0 Å². The van der Waals surface area contributed by atoms with Gasteiger partial charge in [-0.25, -0.2) is 0 Å². The van der Waals surface area contributed by atoms with Gasteiger partial charge in [-0.1, -0.05) is 24.3 Å². The van der Waals surface area contributed by atoms with Crippen molar-refractivity contribution in [2.75, 3.05) is 0 Å². The second-order valence-corrected chi connectivity index (χ2v) is 5.36.